The smallest absolute Gasteiger partial charge is 0.463 e. The van der Waals surface area contributed by atoms with Gasteiger partial charge in [0.25, 0.3) is 0 Å². The van der Waals surface area contributed by atoms with Gasteiger partial charge in [-0.25, -0.2) is 9.13 Å². The Morgan fingerprint density at radius 1 is 0.220 bits per heavy atom. The zero-order valence-electron chi connectivity index (χ0n) is 80.6. The topological polar surface area (TPSA) is 231 Å². The molecular weight excluding hydrogens is 1630 g/mol. The van der Waals surface area contributed by atoms with E-state index < -0.39 is 91.5 Å². The monoisotopic (exact) mass is 1810 g/mol. The van der Waals surface area contributed by atoms with Gasteiger partial charge in [-0.05, 0) is 154 Å². The van der Waals surface area contributed by atoms with Gasteiger partial charge in [-0.3, -0.25) is 32.5 Å². The summed E-state index contributed by atoms with van der Waals surface area (Å²) in [6.45, 7) is 2.41. The van der Waals surface area contributed by atoms with Gasteiger partial charge in [-0.15, -0.1) is 0 Å². The van der Waals surface area contributed by atoms with E-state index in [4.69, 9.17) is 32.3 Å². The Morgan fingerprint density at radius 3 is 0.622 bits per heavy atom. The van der Waals surface area contributed by atoms with Crippen molar-refractivity contribution in [1.82, 2.24) is 0 Å². The molecule has 0 aliphatic heterocycles. The maximum atomic E-state index is 13.1. The van der Waals surface area contributed by atoms with Gasteiger partial charge in [-0.1, -0.05) is 441 Å². The molecule has 5 atom stereocenters. The molecule has 0 aromatic carbocycles. The van der Waals surface area contributed by atoms with Crippen molar-refractivity contribution in [2.45, 2.75) is 450 Å². The van der Waals surface area contributed by atoms with Crippen LogP contribution in [0.1, 0.15) is 432 Å². The Bertz CT molecular complexity index is 3040. The summed E-state index contributed by atoms with van der Waals surface area (Å²) in [5.41, 5.74) is 0. The summed E-state index contributed by atoms with van der Waals surface area (Å²) >= 11 is 0. The van der Waals surface area contributed by atoms with E-state index in [9.17, 15) is 43.5 Å². The third-order valence-corrected chi connectivity index (χ3v) is 23.5. The third-order valence-electron chi connectivity index (χ3n) is 21.6. The lowest BCUT2D eigenvalue weighted by molar-refractivity contribution is -0.161. The minimum absolute atomic E-state index is 0.0937. The number of carbonyl (C=O) groups is 3. The Balaban J connectivity index is 4.56. The van der Waals surface area contributed by atoms with Crippen LogP contribution >= 0.6 is 15.6 Å². The highest BCUT2D eigenvalue weighted by Crippen LogP contribution is 2.45. The quantitative estimate of drug-likeness (QED) is 0.0146. The molecular formula is C109H186O16P2. The van der Waals surface area contributed by atoms with Crippen molar-refractivity contribution in [3.63, 3.8) is 0 Å². The van der Waals surface area contributed by atoms with Crippen LogP contribution in [0.15, 0.2) is 182 Å². The molecule has 0 bridgehead atoms. The van der Waals surface area contributed by atoms with E-state index in [0.29, 0.717) is 19.3 Å². The number of unbranched alkanes of at least 4 members (excludes halogenated alkanes) is 43. The Hall–Kier alpha value is -5.35. The Labute approximate surface area is 776 Å². The maximum absolute atomic E-state index is 13.1. The van der Waals surface area contributed by atoms with E-state index in [0.717, 1.165) is 167 Å². The molecule has 4 N–H and O–H groups in total. The highest BCUT2D eigenvalue weighted by atomic mass is 31.2. The van der Waals surface area contributed by atoms with E-state index in [2.05, 4.69) is 203 Å². The van der Waals surface area contributed by atoms with Gasteiger partial charge < -0.3 is 34.2 Å². The van der Waals surface area contributed by atoms with Crippen molar-refractivity contribution in [3.8, 4) is 0 Å². The fourth-order valence-corrected chi connectivity index (χ4v) is 15.6. The average Bonchev–Trinajstić information content (AvgIpc) is 0.899. The van der Waals surface area contributed by atoms with Gasteiger partial charge in [0.2, 0.25) is 0 Å². The molecule has 0 amide bonds. The first-order valence-corrected chi connectivity index (χ1v) is 54.1. The van der Waals surface area contributed by atoms with E-state index in [1.165, 1.54) is 205 Å². The first kappa shape index (κ1) is 122. The number of rotatable bonds is 96. The second kappa shape index (κ2) is 99.7. The molecule has 0 aromatic heterocycles. The summed E-state index contributed by atoms with van der Waals surface area (Å²) in [5, 5.41) is 20.8. The number of allylic oxidation sites excluding steroid dienone is 30. The number of aliphatic hydroxyl groups excluding tert-OH is 2. The molecule has 0 radical (unpaired) electrons. The molecule has 5 unspecified atom stereocenters. The van der Waals surface area contributed by atoms with Crippen LogP contribution in [-0.4, -0.2) is 95.9 Å². The molecule has 0 rings (SSSR count). The van der Waals surface area contributed by atoms with Gasteiger partial charge in [0, 0.05) is 19.3 Å². The molecule has 0 heterocycles. The van der Waals surface area contributed by atoms with Crippen molar-refractivity contribution in [2.24, 2.45) is 0 Å². The number of aliphatic hydroxyl groups is 2. The fraction of sp³-hybridized carbons (Fsp3) is 0.697. The number of phosphoric ester groups is 2. The standard InChI is InChI=1S/C109H186O16P2/c1-4-7-10-13-16-19-22-25-28-31-34-37-40-43-45-47-49-50-51-52-54-56-57-60-62-65-68-71-74-77-80-83-86-89-92-95-107(112)119-98-104(110)99-121-126(115,116)122-100-105(111)101-123-127(117,118)124-103-106(125-109(114)97-94-91-88-85-82-79-76-73-70-67-64-59-42-39-36-33-30-27-24-21-18-15-12-9-6-3)102-120-108(113)96-93-90-87-84-81-78-75-72-69-66-63-61-58-55-53-48-46-44-41-38-35-32-29-26-23-20-17-14-11-8-5-2/h7-12,16-21,25-30,34-39,43-46,59,64,104-106,110-111H,4-6,13-15,22-24,31-33,40-42,47-58,60-63,65-103H2,1-3H3,(H,115,116)(H,117,118)/b10-7-,11-8-,12-9-,19-16-,20-17-,21-18-,28-25-,29-26-,30-27-,37-34-,38-35-,39-36-,45-43-,46-44-,64-59-. The normalized spacial score (nSPS) is 14.4. The maximum Gasteiger partial charge on any atom is 0.472 e. The molecule has 0 fully saturated rings. The number of hydrogen-bond donors (Lipinski definition) is 4. The van der Waals surface area contributed by atoms with Crippen LogP contribution in [0.25, 0.3) is 0 Å². The van der Waals surface area contributed by atoms with Crippen LogP contribution in [0, 0.1) is 0 Å². The zero-order valence-corrected chi connectivity index (χ0v) is 82.4. The molecule has 18 heteroatoms. The third kappa shape index (κ3) is 101. The van der Waals surface area contributed by atoms with Crippen molar-refractivity contribution in [3.05, 3.63) is 182 Å². The summed E-state index contributed by atoms with van der Waals surface area (Å²) < 4.78 is 61.7. The summed E-state index contributed by atoms with van der Waals surface area (Å²) in [7, 11) is -9.82. The van der Waals surface area contributed by atoms with Gasteiger partial charge in [0.1, 0.15) is 25.4 Å². The number of phosphoric acid groups is 2. The second-order valence-corrected chi connectivity index (χ2v) is 36.8. The zero-order chi connectivity index (χ0) is 92.1. The first-order valence-electron chi connectivity index (χ1n) is 51.1. The molecule has 0 aliphatic rings. The van der Waals surface area contributed by atoms with Crippen LogP contribution < -0.4 is 0 Å². The summed E-state index contributed by atoms with van der Waals surface area (Å²) in [6.07, 6.45) is 132. The molecule has 0 aliphatic carbocycles. The Kier molecular flexibility index (Phi) is 95.5. The van der Waals surface area contributed by atoms with Crippen LogP contribution in [0.3, 0.4) is 0 Å². The first-order chi connectivity index (χ1) is 62.2. The second-order valence-electron chi connectivity index (χ2n) is 33.8. The minimum atomic E-state index is -4.95. The van der Waals surface area contributed by atoms with Crippen LogP contribution in [0.2, 0.25) is 0 Å². The summed E-state index contributed by atoms with van der Waals surface area (Å²) in [4.78, 5) is 59.2. The van der Waals surface area contributed by atoms with E-state index in [1.54, 1.807) is 0 Å². The largest absolute Gasteiger partial charge is 0.472 e. The van der Waals surface area contributed by atoms with Gasteiger partial charge >= 0.3 is 33.6 Å². The number of hydrogen-bond acceptors (Lipinski definition) is 14. The minimum Gasteiger partial charge on any atom is -0.463 e. The fourth-order valence-electron chi connectivity index (χ4n) is 14.0. The summed E-state index contributed by atoms with van der Waals surface area (Å²) in [5.74, 6) is -1.57. The van der Waals surface area contributed by atoms with Crippen LogP contribution in [-0.2, 0) is 55.8 Å². The summed E-state index contributed by atoms with van der Waals surface area (Å²) in [6, 6.07) is 0. The predicted octanol–water partition coefficient (Wildman–Crippen LogP) is 32.3. The SMILES string of the molecule is CC/C=C\C/C=C\C/C=C\C/C=C\C/C=C\CCCCCCCCCCCCCCCCCCCCCC(=O)OCC(O)COP(=O)(O)OCC(O)COP(=O)(O)OCC(COC(=O)CCCCCCCCCCCCCCCCC/C=C\C/C=C\C/C=C\C/C=C\C/C=C\CC)OC(=O)CCCCCCCCCCC/C=C\C/C=C\C/C=C\C/C=C\C/C=C\CC. The average molecular weight is 1810 g/mol. The lowest BCUT2D eigenvalue weighted by Crippen LogP contribution is -2.30. The molecule has 0 saturated heterocycles. The van der Waals surface area contributed by atoms with Gasteiger partial charge in [0.15, 0.2) is 6.10 Å². The van der Waals surface area contributed by atoms with Crippen LogP contribution in [0.5, 0.6) is 0 Å². The molecule has 0 aromatic rings. The van der Waals surface area contributed by atoms with E-state index in [-0.39, 0.29) is 19.3 Å². The highest BCUT2D eigenvalue weighted by molar-refractivity contribution is 7.47. The van der Waals surface area contributed by atoms with Gasteiger partial charge in [0.05, 0.1) is 26.4 Å². The van der Waals surface area contributed by atoms with Crippen molar-refractivity contribution >= 4 is 33.6 Å². The molecule has 0 spiro atoms. The van der Waals surface area contributed by atoms with Crippen molar-refractivity contribution < 1.29 is 75.8 Å². The number of carbonyl (C=O) groups excluding carboxylic acids is 3. The molecule has 728 valence electrons. The van der Waals surface area contributed by atoms with Crippen molar-refractivity contribution in [1.29, 1.82) is 0 Å². The van der Waals surface area contributed by atoms with E-state index in [1.807, 2.05) is 0 Å². The van der Waals surface area contributed by atoms with Gasteiger partial charge in [-0.2, -0.15) is 0 Å². The van der Waals surface area contributed by atoms with Crippen LogP contribution in [0.4, 0.5) is 0 Å². The number of esters is 3. The molecule has 0 saturated carbocycles. The Morgan fingerprint density at radius 2 is 0.394 bits per heavy atom. The highest BCUT2D eigenvalue weighted by Gasteiger charge is 2.30. The lowest BCUT2D eigenvalue weighted by atomic mass is 10.0. The predicted molar refractivity (Wildman–Crippen MR) is 537 cm³/mol. The van der Waals surface area contributed by atoms with Crippen molar-refractivity contribution in [2.75, 3.05) is 39.6 Å². The molecule has 16 nitrogen and oxygen atoms in total. The number of ether oxygens (including phenoxy) is 3. The lowest BCUT2D eigenvalue weighted by Gasteiger charge is -2.21. The van der Waals surface area contributed by atoms with E-state index >= 15 is 0 Å². The molecule has 127 heavy (non-hydrogen) atoms.